The topological polar surface area (TPSA) is 101 Å². The van der Waals surface area contributed by atoms with E-state index < -0.39 is 36.5 Å². The van der Waals surface area contributed by atoms with Gasteiger partial charge in [0.15, 0.2) is 0 Å². The van der Waals surface area contributed by atoms with Crippen LogP contribution in [-0.2, 0) is 16.0 Å². The third-order valence-corrected chi connectivity index (χ3v) is 7.17. The molecule has 2 heterocycles. The summed E-state index contributed by atoms with van der Waals surface area (Å²) in [7, 11) is 0. The van der Waals surface area contributed by atoms with Gasteiger partial charge in [0.25, 0.3) is 0 Å². The van der Waals surface area contributed by atoms with Crippen LogP contribution in [0, 0.1) is 11.7 Å². The normalized spacial score (nSPS) is 13.6. The van der Waals surface area contributed by atoms with E-state index in [1.54, 1.807) is 6.08 Å². The van der Waals surface area contributed by atoms with E-state index in [4.69, 9.17) is 5.73 Å². The molecule has 0 spiro atoms. The summed E-state index contributed by atoms with van der Waals surface area (Å²) < 4.78 is 53.3. The molecule has 1 aromatic carbocycles. The fourth-order valence-electron chi connectivity index (χ4n) is 3.49. The Balaban J connectivity index is 1.75. The summed E-state index contributed by atoms with van der Waals surface area (Å²) in [6.07, 6.45) is -1.34. The average Bonchev–Trinajstić information content (AvgIpc) is 3.53. The molecule has 2 aromatic heterocycles. The predicted octanol–water partition coefficient (Wildman–Crippen LogP) is 4.96. The molecule has 7 nitrogen and oxygen atoms in total. The molecule has 2 amide bonds. The van der Waals surface area contributed by atoms with E-state index in [1.807, 2.05) is 31.4 Å². The number of amides is 2. The number of thiophene rings is 1. The van der Waals surface area contributed by atoms with Crippen molar-refractivity contribution in [2.45, 2.75) is 44.9 Å². The predicted molar refractivity (Wildman–Crippen MR) is 140 cm³/mol. The maximum atomic E-state index is 13.4. The molecule has 3 aromatic rings. The minimum atomic E-state index is -5.14. The van der Waals surface area contributed by atoms with Crippen molar-refractivity contribution in [2.75, 3.05) is 11.4 Å². The standard InChI is InChI=1S/C25H27F4N5O2S2/c1-15(2)13-18(31-21(35)20(30)14-19-6-4-12-37-19)5-3-11-34(23(36)25(27,28)29)24-33-32-22(38-24)16-7-9-17(26)10-8-16/h3-10,12,15,18,20H,11,13-14,30H2,1-2H3,(H,31,35)/b5-3+/t18-,20+/m1/s1. The molecule has 0 radical (unpaired) electrons. The minimum Gasteiger partial charge on any atom is -0.349 e. The fraction of sp³-hybridized carbons (Fsp3) is 0.360. The van der Waals surface area contributed by atoms with Gasteiger partial charge in [-0.25, -0.2) is 4.39 Å². The summed E-state index contributed by atoms with van der Waals surface area (Å²) in [4.78, 5) is 26.3. The van der Waals surface area contributed by atoms with Gasteiger partial charge in [-0.1, -0.05) is 43.4 Å². The molecule has 38 heavy (non-hydrogen) atoms. The first-order valence-electron chi connectivity index (χ1n) is 11.7. The van der Waals surface area contributed by atoms with Crippen LogP contribution in [0.15, 0.2) is 53.9 Å². The summed E-state index contributed by atoms with van der Waals surface area (Å²) in [6, 6.07) is 7.65. The Bertz CT molecular complexity index is 1230. The molecule has 0 saturated carbocycles. The van der Waals surface area contributed by atoms with E-state index in [1.165, 1.54) is 41.7 Å². The second-order valence-corrected chi connectivity index (χ2v) is 10.9. The van der Waals surface area contributed by atoms with Crippen LogP contribution < -0.4 is 16.0 Å². The number of carbonyl (C=O) groups is 2. The molecule has 13 heteroatoms. The summed E-state index contributed by atoms with van der Waals surface area (Å²) in [5.41, 5.74) is 6.49. The maximum Gasteiger partial charge on any atom is 0.471 e. The van der Waals surface area contributed by atoms with Gasteiger partial charge in [-0.15, -0.1) is 21.5 Å². The molecule has 0 fully saturated rings. The number of hydrogen-bond acceptors (Lipinski definition) is 7. The number of rotatable bonds is 11. The lowest BCUT2D eigenvalue weighted by Gasteiger charge is -2.21. The van der Waals surface area contributed by atoms with Crippen molar-refractivity contribution >= 4 is 39.6 Å². The molecule has 0 aliphatic heterocycles. The highest BCUT2D eigenvalue weighted by molar-refractivity contribution is 7.18. The third kappa shape index (κ3) is 8.43. The van der Waals surface area contributed by atoms with Crippen LogP contribution >= 0.6 is 22.7 Å². The molecule has 0 aliphatic carbocycles. The summed E-state index contributed by atoms with van der Waals surface area (Å²) >= 11 is 2.26. The van der Waals surface area contributed by atoms with Gasteiger partial charge in [0.2, 0.25) is 11.0 Å². The minimum absolute atomic E-state index is 0.160. The number of nitrogens with one attached hydrogen (secondary N) is 1. The lowest BCUT2D eigenvalue weighted by molar-refractivity contribution is -0.170. The Morgan fingerprint density at radius 2 is 1.87 bits per heavy atom. The van der Waals surface area contributed by atoms with E-state index in [-0.39, 0.29) is 22.0 Å². The molecule has 3 rings (SSSR count). The summed E-state index contributed by atoms with van der Waals surface area (Å²) in [5.74, 6) is -2.81. The van der Waals surface area contributed by atoms with Gasteiger partial charge in [-0.05, 0) is 48.1 Å². The quantitative estimate of drug-likeness (QED) is 0.251. The van der Waals surface area contributed by atoms with Crippen molar-refractivity contribution < 1.29 is 27.2 Å². The Morgan fingerprint density at radius 1 is 1.16 bits per heavy atom. The maximum absolute atomic E-state index is 13.4. The van der Waals surface area contributed by atoms with Crippen LogP contribution in [-0.4, -0.2) is 46.8 Å². The second kappa shape index (κ2) is 13.1. The van der Waals surface area contributed by atoms with E-state index >= 15 is 0 Å². The van der Waals surface area contributed by atoms with Crippen LogP contribution in [0.25, 0.3) is 10.6 Å². The van der Waals surface area contributed by atoms with E-state index in [0.717, 1.165) is 16.2 Å². The zero-order chi connectivity index (χ0) is 27.9. The number of nitrogens with two attached hydrogens (primary N) is 1. The zero-order valence-corrected chi connectivity index (χ0v) is 22.2. The SMILES string of the molecule is CC(C)C[C@@H](/C=C/CN(C(=O)C(F)(F)F)c1nnc(-c2ccc(F)cc2)s1)NC(=O)[C@@H](N)Cc1cccs1. The van der Waals surface area contributed by atoms with Crippen LogP contribution in [0.4, 0.5) is 22.7 Å². The number of anilines is 1. The van der Waals surface area contributed by atoms with Crippen LogP contribution in [0.2, 0.25) is 0 Å². The van der Waals surface area contributed by atoms with Crippen LogP contribution in [0.1, 0.15) is 25.1 Å². The zero-order valence-electron chi connectivity index (χ0n) is 20.6. The molecule has 3 N–H and O–H groups in total. The Kier molecular flexibility index (Phi) is 10.1. The van der Waals surface area contributed by atoms with Crippen molar-refractivity contribution in [1.82, 2.24) is 15.5 Å². The van der Waals surface area contributed by atoms with Gasteiger partial charge in [0, 0.05) is 29.4 Å². The second-order valence-electron chi connectivity index (χ2n) is 8.87. The van der Waals surface area contributed by atoms with Crippen molar-refractivity contribution in [3.05, 3.63) is 64.6 Å². The summed E-state index contributed by atoms with van der Waals surface area (Å²) in [5, 5.41) is 12.3. The molecule has 2 atom stereocenters. The molecule has 0 saturated heterocycles. The number of carbonyl (C=O) groups excluding carboxylic acids is 2. The van der Waals surface area contributed by atoms with E-state index in [0.29, 0.717) is 23.3 Å². The van der Waals surface area contributed by atoms with Crippen molar-refractivity contribution in [2.24, 2.45) is 11.7 Å². The number of halogens is 4. The first-order valence-corrected chi connectivity index (χ1v) is 13.4. The number of benzene rings is 1. The Hall–Kier alpha value is -3.16. The fourth-order valence-corrected chi connectivity index (χ4v) is 5.11. The molecule has 204 valence electrons. The molecule has 0 aliphatic rings. The van der Waals surface area contributed by atoms with Gasteiger partial charge < -0.3 is 11.1 Å². The van der Waals surface area contributed by atoms with Crippen molar-refractivity contribution in [3.8, 4) is 10.6 Å². The Morgan fingerprint density at radius 3 is 2.47 bits per heavy atom. The molecular weight excluding hydrogens is 542 g/mol. The largest absolute Gasteiger partial charge is 0.471 e. The molecule has 0 unspecified atom stereocenters. The molecular formula is C25H27F4N5O2S2. The van der Waals surface area contributed by atoms with Crippen molar-refractivity contribution in [1.29, 1.82) is 0 Å². The van der Waals surface area contributed by atoms with E-state index in [2.05, 4.69) is 15.5 Å². The lowest BCUT2D eigenvalue weighted by atomic mass is 10.0. The highest BCUT2D eigenvalue weighted by atomic mass is 32.1. The first kappa shape index (κ1) is 29.4. The smallest absolute Gasteiger partial charge is 0.349 e. The third-order valence-electron chi connectivity index (χ3n) is 5.27. The monoisotopic (exact) mass is 569 g/mol. The highest BCUT2D eigenvalue weighted by Gasteiger charge is 2.43. The average molecular weight is 570 g/mol. The van der Waals surface area contributed by atoms with Gasteiger partial charge in [-0.3, -0.25) is 14.5 Å². The van der Waals surface area contributed by atoms with Gasteiger partial charge in [0.05, 0.1) is 6.04 Å². The van der Waals surface area contributed by atoms with Crippen molar-refractivity contribution in [3.63, 3.8) is 0 Å². The molecule has 0 bridgehead atoms. The van der Waals surface area contributed by atoms with Gasteiger partial charge in [-0.2, -0.15) is 13.2 Å². The number of alkyl halides is 3. The number of aromatic nitrogens is 2. The number of hydrogen-bond donors (Lipinski definition) is 2. The Labute approximate surface area is 225 Å². The lowest BCUT2D eigenvalue weighted by Crippen LogP contribution is -2.46. The number of nitrogens with zero attached hydrogens (tertiary/aromatic N) is 3. The first-order chi connectivity index (χ1) is 17.9. The highest BCUT2D eigenvalue weighted by Crippen LogP contribution is 2.31. The summed E-state index contributed by atoms with van der Waals surface area (Å²) in [6.45, 7) is 3.43. The van der Waals surface area contributed by atoms with Crippen LogP contribution in [0.3, 0.4) is 0 Å². The van der Waals surface area contributed by atoms with Crippen LogP contribution in [0.5, 0.6) is 0 Å². The van der Waals surface area contributed by atoms with Gasteiger partial charge in [0.1, 0.15) is 10.8 Å². The van der Waals surface area contributed by atoms with E-state index in [9.17, 15) is 27.2 Å². The van der Waals surface area contributed by atoms with Gasteiger partial charge >= 0.3 is 12.1 Å².